The van der Waals surface area contributed by atoms with Crippen molar-refractivity contribution in [3.8, 4) is 0 Å². The lowest BCUT2D eigenvalue weighted by atomic mass is 9.74. The van der Waals surface area contributed by atoms with Crippen LogP contribution < -0.4 is 5.32 Å². The van der Waals surface area contributed by atoms with E-state index in [-0.39, 0.29) is 18.9 Å². The monoisotopic (exact) mass is 243 g/mol. The molecule has 0 atom stereocenters. The molecule has 17 heavy (non-hydrogen) atoms. The summed E-state index contributed by atoms with van der Waals surface area (Å²) in [6.07, 6.45) is 4.55. The van der Waals surface area contributed by atoms with Crippen LogP contribution in [-0.4, -0.2) is 37.2 Å². The van der Waals surface area contributed by atoms with Crippen LogP contribution in [-0.2, 0) is 14.3 Å². The highest BCUT2D eigenvalue weighted by Gasteiger charge is 2.39. The van der Waals surface area contributed by atoms with Gasteiger partial charge in [-0.3, -0.25) is 9.59 Å². The summed E-state index contributed by atoms with van der Waals surface area (Å²) in [5.41, 5.74) is -0.749. The van der Waals surface area contributed by atoms with E-state index in [4.69, 9.17) is 4.74 Å². The van der Waals surface area contributed by atoms with Crippen molar-refractivity contribution in [3.63, 3.8) is 0 Å². The summed E-state index contributed by atoms with van der Waals surface area (Å²) >= 11 is 0. The average Bonchev–Trinajstić information content (AvgIpc) is 2.34. The number of hydrogen-bond acceptors (Lipinski definition) is 3. The maximum Gasteiger partial charge on any atom is 0.311 e. The summed E-state index contributed by atoms with van der Waals surface area (Å²) in [7, 11) is 1.53. The molecule has 2 N–H and O–H groups in total. The van der Waals surface area contributed by atoms with Crippen molar-refractivity contribution in [1.82, 2.24) is 5.32 Å². The molecule has 1 fully saturated rings. The molecule has 5 heteroatoms. The van der Waals surface area contributed by atoms with Crippen LogP contribution in [0.3, 0.4) is 0 Å². The minimum Gasteiger partial charge on any atom is -0.481 e. The van der Waals surface area contributed by atoms with E-state index in [0.717, 1.165) is 19.3 Å². The van der Waals surface area contributed by atoms with Gasteiger partial charge in [-0.05, 0) is 12.8 Å². The van der Waals surface area contributed by atoms with Gasteiger partial charge in [0.2, 0.25) is 5.91 Å². The number of aliphatic carboxylic acids is 1. The van der Waals surface area contributed by atoms with Gasteiger partial charge in [-0.2, -0.15) is 0 Å². The van der Waals surface area contributed by atoms with Crippen molar-refractivity contribution in [2.45, 2.75) is 38.5 Å². The van der Waals surface area contributed by atoms with E-state index in [1.54, 1.807) is 0 Å². The second kappa shape index (κ2) is 6.59. The molecule has 0 aromatic carbocycles. The van der Waals surface area contributed by atoms with Gasteiger partial charge in [-0.25, -0.2) is 0 Å². The smallest absolute Gasteiger partial charge is 0.311 e. The Morgan fingerprint density at radius 2 is 1.94 bits per heavy atom. The van der Waals surface area contributed by atoms with E-state index in [1.807, 2.05) is 0 Å². The molecule has 1 amide bonds. The Hall–Kier alpha value is -1.10. The molecule has 1 aliphatic rings. The van der Waals surface area contributed by atoms with Gasteiger partial charge < -0.3 is 15.2 Å². The molecule has 0 aromatic rings. The standard InChI is InChI=1S/C12H21NO4/c1-17-8-5-10(14)13-9-12(11(15)16)6-3-2-4-7-12/h2-9H2,1H3,(H,13,14)(H,15,16). The predicted molar refractivity (Wildman–Crippen MR) is 62.7 cm³/mol. The van der Waals surface area contributed by atoms with Gasteiger partial charge in [-0.1, -0.05) is 19.3 Å². The summed E-state index contributed by atoms with van der Waals surface area (Å²) in [6.45, 7) is 0.608. The van der Waals surface area contributed by atoms with Crippen LogP contribution >= 0.6 is 0 Å². The van der Waals surface area contributed by atoms with Gasteiger partial charge in [-0.15, -0.1) is 0 Å². The lowest BCUT2D eigenvalue weighted by Crippen LogP contribution is -2.44. The van der Waals surface area contributed by atoms with E-state index in [9.17, 15) is 14.7 Å². The molecule has 98 valence electrons. The highest BCUT2D eigenvalue weighted by molar-refractivity contribution is 5.79. The molecule has 0 saturated heterocycles. The van der Waals surface area contributed by atoms with Gasteiger partial charge in [0.25, 0.3) is 0 Å². The first-order valence-electron chi connectivity index (χ1n) is 6.10. The number of rotatable bonds is 6. The molecule has 0 radical (unpaired) electrons. The van der Waals surface area contributed by atoms with E-state index in [2.05, 4.69) is 5.32 Å². The third-order valence-electron chi connectivity index (χ3n) is 3.42. The fourth-order valence-electron chi connectivity index (χ4n) is 2.25. The number of nitrogens with one attached hydrogen (secondary N) is 1. The van der Waals surface area contributed by atoms with E-state index < -0.39 is 11.4 Å². The zero-order chi connectivity index (χ0) is 12.7. The fourth-order valence-corrected chi connectivity index (χ4v) is 2.25. The molecular weight excluding hydrogens is 222 g/mol. The lowest BCUT2D eigenvalue weighted by molar-refractivity contribution is -0.151. The number of hydrogen-bond donors (Lipinski definition) is 2. The zero-order valence-electron chi connectivity index (χ0n) is 10.3. The van der Waals surface area contributed by atoms with Crippen LogP contribution in [0.1, 0.15) is 38.5 Å². The number of carbonyl (C=O) groups is 2. The van der Waals surface area contributed by atoms with Crippen molar-refractivity contribution in [3.05, 3.63) is 0 Å². The van der Waals surface area contributed by atoms with Gasteiger partial charge >= 0.3 is 5.97 Å². The quantitative estimate of drug-likeness (QED) is 0.734. The summed E-state index contributed by atoms with van der Waals surface area (Å²) in [5.74, 6) is -0.928. The van der Waals surface area contributed by atoms with E-state index in [1.165, 1.54) is 7.11 Å². The maximum absolute atomic E-state index is 11.4. The van der Waals surface area contributed by atoms with Gasteiger partial charge in [0.1, 0.15) is 0 Å². The third kappa shape index (κ3) is 4.00. The first-order valence-corrected chi connectivity index (χ1v) is 6.10. The molecular formula is C12H21NO4. The number of carbonyl (C=O) groups excluding carboxylic acids is 1. The van der Waals surface area contributed by atoms with Gasteiger partial charge in [0.15, 0.2) is 0 Å². The Bertz CT molecular complexity index is 272. The molecule has 0 heterocycles. The largest absolute Gasteiger partial charge is 0.481 e. The van der Waals surface area contributed by atoms with Crippen LogP contribution in [0, 0.1) is 5.41 Å². The Morgan fingerprint density at radius 1 is 1.29 bits per heavy atom. The van der Waals surface area contributed by atoms with Crippen molar-refractivity contribution >= 4 is 11.9 Å². The molecule has 1 rings (SSSR count). The van der Waals surface area contributed by atoms with Crippen LogP contribution in [0.25, 0.3) is 0 Å². The second-order valence-electron chi connectivity index (χ2n) is 4.67. The predicted octanol–water partition coefficient (Wildman–Crippen LogP) is 1.17. The van der Waals surface area contributed by atoms with Crippen molar-refractivity contribution < 1.29 is 19.4 Å². The molecule has 0 spiro atoms. The molecule has 0 aromatic heterocycles. The Morgan fingerprint density at radius 3 is 2.47 bits per heavy atom. The number of carboxylic acid groups (broad SMARTS) is 1. The Kier molecular flexibility index (Phi) is 5.41. The van der Waals surface area contributed by atoms with Gasteiger partial charge in [0.05, 0.1) is 12.0 Å². The number of methoxy groups -OCH3 is 1. The molecule has 0 aliphatic heterocycles. The molecule has 1 aliphatic carbocycles. The number of ether oxygens (including phenoxy) is 1. The Balaban J connectivity index is 2.44. The Labute approximate surface area is 102 Å². The molecule has 0 bridgehead atoms. The minimum atomic E-state index is -0.788. The summed E-state index contributed by atoms with van der Waals surface area (Å²) in [6, 6.07) is 0. The number of amides is 1. The molecule has 0 unspecified atom stereocenters. The van der Waals surface area contributed by atoms with Crippen LogP contribution in [0.2, 0.25) is 0 Å². The van der Waals surface area contributed by atoms with Crippen molar-refractivity contribution in [2.24, 2.45) is 5.41 Å². The number of carboxylic acids is 1. The third-order valence-corrected chi connectivity index (χ3v) is 3.42. The van der Waals surface area contributed by atoms with Crippen molar-refractivity contribution in [2.75, 3.05) is 20.3 Å². The molecule has 5 nitrogen and oxygen atoms in total. The van der Waals surface area contributed by atoms with Crippen LogP contribution in [0.15, 0.2) is 0 Å². The SMILES string of the molecule is COCCC(=O)NCC1(C(=O)O)CCCCC1. The summed E-state index contributed by atoms with van der Waals surface area (Å²) in [5, 5.41) is 12.0. The normalized spacial score (nSPS) is 18.6. The van der Waals surface area contributed by atoms with E-state index >= 15 is 0 Å². The maximum atomic E-state index is 11.4. The molecule has 1 saturated carbocycles. The summed E-state index contributed by atoms with van der Waals surface area (Å²) < 4.78 is 4.80. The first kappa shape index (κ1) is 14.0. The fraction of sp³-hybridized carbons (Fsp3) is 0.833. The van der Waals surface area contributed by atoms with Crippen molar-refractivity contribution in [1.29, 1.82) is 0 Å². The second-order valence-corrected chi connectivity index (χ2v) is 4.67. The minimum absolute atomic E-state index is 0.141. The van der Waals surface area contributed by atoms with Gasteiger partial charge in [0, 0.05) is 20.1 Å². The van der Waals surface area contributed by atoms with Crippen LogP contribution in [0.5, 0.6) is 0 Å². The zero-order valence-corrected chi connectivity index (χ0v) is 10.3. The first-order chi connectivity index (χ1) is 8.10. The van der Waals surface area contributed by atoms with Crippen LogP contribution in [0.4, 0.5) is 0 Å². The highest BCUT2D eigenvalue weighted by atomic mass is 16.5. The lowest BCUT2D eigenvalue weighted by Gasteiger charge is -2.33. The average molecular weight is 243 g/mol. The summed E-state index contributed by atoms with van der Waals surface area (Å²) in [4.78, 5) is 22.8. The van der Waals surface area contributed by atoms with E-state index in [0.29, 0.717) is 19.4 Å². The topological polar surface area (TPSA) is 75.6 Å². The highest BCUT2D eigenvalue weighted by Crippen LogP contribution is 2.35.